The molecule has 0 bridgehead atoms. The Bertz CT molecular complexity index is 1170. The van der Waals surface area contributed by atoms with Crippen LogP contribution in [0.15, 0.2) is 102 Å². The summed E-state index contributed by atoms with van der Waals surface area (Å²) in [7, 11) is 0. The van der Waals surface area contributed by atoms with Gasteiger partial charge in [0.05, 0.1) is 0 Å². The Balaban J connectivity index is 0.000000164. The first-order valence-electron chi connectivity index (χ1n) is 12.3. The maximum absolute atomic E-state index is 11.6. The van der Waals surface area contributed by atoms with Crippen LogP contribution in [0.1, 0.15) is 45.3 Å². The van der Waals surface area contributed by atoms with Gasteiger partial charge in [-0.25, -0.2) is 5.43 Å². The first kappa shape index (κ1) is 27.8. The number of hydrogen-bond acceptors (Lipinski definition) is 7. The molecule has 1 amide bonds. The third-order valence-corrected chi connectivity index (χ3v) is 5.67. The van der Waals surface area contributed by atoms with Gasteiger partial charge < -0.3 is 10.3 Å². The van der Waals surface area contributed by atoms with Gasteiger partial charge in [0, 0.05) is 31.1 Å². The summed E-state index contributed by atoms with van der Waals surface area (Å²) in [5.74, 6) is 6.08. The van der Waals surface area contributed by atoms with E-state index < -0.39 is 0 Å². The molecule has 2 atom stereocenters. The van der Waals surface area contributed by atoms with Gasteiger partial charge in [0.2, 0.25) is 0 Å². The van der Waals surface area contributed by atoms with Gasteiger partial charge in [-0.2, -0.15) is 0 Å². The Morgan fingerprint density at radius 3 is 2.03 bits per heavy atom. The SMILES string of the molecule is Cc1cc(C(=O)NNCc2ccccc2)no1.NNCCc1ccccc1.N[C@@H]1C[C@H]1c1ccccc1. The first-order chi connectivity index (χ1) is 18.1. The Hall–Kier alpha value is -3.82. The van der Waals surface area contributed by atoms with Gasteiger partial charge in [-0.1, -0.05) is 96.2 Å². The molecule has 3 aromatic carbocycles. The average Bonchev–Trinajstić information content (AvgIpc) is 3.52. The molecule has 1 aromatic heterocycles. The lowest BCUT2D eigenvalue weighted by atomic mass is 10.1. The second-order valence-corrected chi connectivity index (χ2v) is 8.72. The zero-order chi connectivity index (χ0) is 26.3. The third-order valence-electron chi connectivity index (χ3n) is 5.67. The molecule has 4 aromatic rings. The molecular formula is C29H36N6O2. The molecule has 0 saturated heterocycles. The van der Waals surface area contributed by atoms with Gasteiger partial charge in [-0.15, -0.1) is 0 Å². The van der Waals surface area contributed by atoms with E-state index in [-0.39, 0.29) is 11.6 Å². The standard InChI is InChI=1S/C12H13N3O2.C9H11N.C8H12N2/c1-9-7-11(15-17-9)12(16)14-13-8-10-5-3-2-4-6-10;10-9-6-8(9)7-4-2-1-3-5-7;9-10-7-6-8-4-2-1-3-5-8/h2-7,13H,8H2,1H3,(H,14,16);1-5,8-9H,6,10H2;1-5,10H,6-7,9H2/t;8-,9+;/m.0./s1. The minimum atomic E-state index is -0.308. The van der Waals surface area contributed by atoms with E-state index in [2.05, 4.69) is 57.8 Å². The van der Waals surface area contributed by atoms with Crippen LogP contribution in [0.3, 0.4) is 0 Å². The van der Waals surface area contributed by atoms with Crippen molar-refractivity contribution in [1.29, 1.82) is 0 Å². The summed E-state index contributed by atoms with van der Waals surface area (Å²) in [6.45, 7) is 3.13. The Morgan fingerprint density at radius 2 is 1.51 bits per heavy atom. The van der Waals surface area contributed by atoms with Crippen molar-refractivity contribution >= 4 is 5.91 Å². The van der Waals surface area contributed by atoms with Crippen molar-refractivity contribution < 1.29 is 9.32 Å². The van der Waals surface area contributed by atoms with Crippen molar-refractivity contribution in [2.75, 3.05) is 6.54 Å². The number of nitrogens with two attached hydrogens (primary N) is 2. The summed E-state index contributed by atoms with van der Waals surface area (Å²) in [4.78, 5) is 11.6. The van der Waals surface area contributed by atoms with Crippen LogP contribution in [-0.4, -0.2) is 23.7 Å². The zero-order valence-electron chi connectivity index (χ0n) is 21.1. The highest BCUT2D eigenvalue weighted by atomic mass is 16.5. The number of amides is 1. The molecule has 194 valence electrons. The minimum Gasteiger partial charge on any atom is -0.361 e. The summed E-state index contributed by atoms with van der Waals surface area (Å²) in [5.41, 5.74) is 17.8. The van der Waals surface area contributed by atoms with Crippen molar-refractivity contribution in [3.05, 3.63) is 125 Å². The molecule has 1 fully saturated rings. The third kappa shape index (κ3) is 10.4. The van der Waals surface area contributed by atoms with Crippen molar-refractivity contribution in [2.24, 2.45) is 11.6 Å². The molecule has 8 nitrogen and oxygen atoms in total. The fourth-order valence-electron chi connectivity index (χ4n) is 3.52. The van der Waals surface area contributed by atoms with Crippen LogP contribution >= 0.6 is 0 Å². The molecule has 0 radical (unpaired) electrons. The number of nitrogens with zero attached hydrogens (tertiary/aromatic N) is 1. The van der Waals surface area contributed by atoms with Gasteiger partial charge in [-0.05, 0) is 36.5 Å². The molecule has 0 aliphatic heterocycles. The smallest absolute Gasteiger partial charge is 0.287 e. The molecule has 1 aliphatic carbocycles. The predicted molar refractivity (Wildman–Crippen MR) is 146 cm³/mol. The van der Waals surface area contributed by atoms with E-state index in [9.17, 15) is 4.79 Å². The van der Waals surface area contributed by atoms with E-state index >= 15 is 0 Å². The first-order valence-corrected chi connectivity index (χ1v) is 12.3. The van der Waals surface area contributed by atoms with Crippen LogP contribution in [0, 0.1) is 6.92 Å². The Morgan fingerprint density at radius 1 is 0.946 bits per heavy atom. The highest BCUT2D eigenvalue weighted by Gasteiger charge is 2.34. The highest BCUT2D eigenvalue weighted by Crippen LogP contribution is 2.38. The molecule has 1 saturated carbocycles. The summed E-state index contributed by atoms with van der Waals surface area (Å²) in [6.07, 6.45) is 2.17. The van der Waals surface area contributed by atoms with Gasteiger partial charge in [0.15, 0.2) is 5.69 Å². The second-order valence-electron chi connectivity index (χ2n) is 8.72. The van der Waals surface area contributed by atoms with Crippen LogP contribution in [0.5, 0.6) is 0 Å². The van der Waals surface area contributed by atoms with Crippen molar-refractivity contribution in [2.45, 2.75) is 38.3 Å². The Kier molecular flexibility index (Phi) is 11.5. The largest absolute Gasteiger partial charge is 0.361 e. The molecular weight excluding hydrogens is 464 g/mol. The minimum absolute atomic E-state index is 0.267. The lowest BCUT2D eigenvalue weighted by Gasteiger charge is -2.04. The number of rotatable bonds is 8. The van der Waals surface area contributed by atoms with E-state index in [1.165, 1.54) is 17.5 Å². The van der Waals surface area contributed by atoms with E-state index in [0.717, 1.165) is 18.5 Å². The average molecular weight is 501 g/mol. The molecule has 1 heterocycles. The fourth-order valence-corrected chi connectivity index (χ4v) is 3.52. The van der Waals surface area contributed by atoms with Gasteiger partial charge in [0.1, 0.15) is 5.76 Å². The Labute approximate surface area is 218 Å². The number of nitrogens with one attached hydrogen (secondary N) is 3. The van der Waals surface area contributed by atoms with Gasteiger partial charge in [-0.3, -0.25) is 21.5 Å². The van der Waals surface area contributed by atoms with Gasteiger partial charge >= 0.3 is 0 Å². The predicted octanol–water partition coefficient (Wildman–Crippen LogP) is 3.61. The molecule has 7 N–H and O–H groups in total. The monoisotopic (exact) mass is 500 g/mol. The van der Waals surface area contributed by atoms with Crippen LogP contribution in [-0.2, 0) is 13.0 Å². The summed E-state index contributed by atoms with van der Waals surface area (Å²) < 4.78 is 4.81. The van der Waals surface area contributed by atoms with Crippen LogP contribution in [0.2, 0.25) is 0 Å². The quantitative estimate of drug-likeness (QED) is 0.184. The fraction of sp³-hybridized carbons (Fsp3) is 0.241. The number of hydrazine groups is 2. The van der Waals surface area contributed by atoms with E-state index in [4.69, 9.17) is 16.1 Å². The van der Waals surface area contributed by atoms with Crippen molar-refractivity contribution in [1.82, 2.24) is 21.4 Å². The van der Waals surface area contributed by atoms with Crippen molar-refractivity contribution in [3.63, 3.8) is 0 Å². The van der Waals surface area contributed by atoms with Gasteiger partial charge in [0.25, 0.3) is 5.91 Å². The van der Waals surface area contributed by atoms with E-state index in [1.54, 1.807) is 13.0 Å². The maximum atomic E-state index is 11.6. The number of aryl methyl sites for hydroxylation is 1. The number of benzene rings is 3. The van der Waals surface area contributed by atoms with Crippen LogP contribution in [0.25, 0.3) is 0 Å². The van der Waals surface area contributed by atoms with Crippen molar-refractivity contribution in [3.8, 4) is 0 Å². The normalized spacial score (nSPS) is 15.4. The van der Waals surface area contributed by atoms with E-state index in [1.807, 2.05) is 54.6 Å². The second kappa shape index (κ2) is 15.3. The number of carbonyl (C=O) groups is 1. The van der Waals surface area contributed by atoms with Crippen LogP contribution in [0.4, 0.5) is 0 Å². The lowest BCUT2D eigenvalue weighted by molar-refractivity contribution is 0.0923. The molecule has 0 spiro atoms. The summed E-state index contributed by atoms with van der Waals surface area (Å²) in [6, 6.07) is 32.5. The molecule has 5 rings (SSSR count). The van der Waals surface area contributed by atoms with E-state index in [0.29, 0.717) is 24.3 Å². The topological polar surface area (TPSA) is 131 Å². The summed E-state index contributed by atoms with van der Waals surface area (Å²) >= 11 is 0. The molecule has 1 aliphatic rings. The molecule has 0 unspecified atom stereocenters. The molecule has 8 heteroatoms. The number of aromatic nitrogens is 1. The maximum Gasteiger partial charge on any atom is 0.287 e. The summed E-state index contributed by atoms with van der Waals surface area (Å²) in [5, 5.41) is 3.61. The zero-order valence-corrected chi connectivity index (χ0v) is 21.1. The lowest BCUT2D eigenvalue weighted by Crippen LogP contribution is -2.36. The molecule has 37 heavy (non-hydrogen) atoms. The number of carbonyl (C=O) groups excluding carboxylic acids is 1. The van der Waals surface area contributed by atoms with Crippen LogP contribution < -0.4 is 27.9 Å². The number of hydrogen-bond donors (Lipinski definition) is 5. The highest BCUT2D eigenvalue weighted by molar-refractivity contribution is 5.91.